The van der Waals surface area contributed by atoms with Crippen LogP contribution in [0.4, 0.5) is 11.4 Å². The lowest BCUT2D eigenvalue weighted by atomic mass is 10.1. The average Bonchev–Trinajstić information content (AvgIpc) is 2.47. The number of nitro benzene ring substituents is 1. The van der Waals surface area contributed by atoms with Gasteiger partial charge in [-0.2, -0.15) is 0 Å². The molecule has 4 nitrogen and oxygen atoms in total. The first kappa shape index (κ1) is 17.8. The summed E-state index contributed by atoms with van der Waals surface area (Å²) in [5, 5.41) is 14.9. The Hall–Kier alpha value is -1.23. The highest BCUT2D eigenvalue weighted by molar-refractivity contribution is 7.99. The minimum Gasteiger partial charge on any atom is -0.370 e. The summed E-state index contributed by atoms with van der Waals surface area (Å²) in [6.07, 6.45) is 6.17. The first-order valence-corrected chi connectivity index (χ1v) is 8.73. The van der Waals surface area contributed by atoms with E-state index in [9.17, 15) is 10.1 Å². The van der Waals surface area contributed by atoms with Gasteiger partial charge in [-0.05, 0) is 31.4 Å². The van der Waals surface area contributed by atoms with Gasteiger partial charge in [0, 0.05) is 11.3 Å². The molecular weight excluding hydrogens is 284 g/mol. The maximum absolute atomic E-state index is 11.1. The monoisotopic (exact) mass is 310 g/mol. The molecule has 0 unspecified atom stereocenters. The molecule has 0 amide bonds. The summed E-state index contributed by atoms with van der Waals surface area (Å²) < 4.78 is 0. The van der Waals surface area contributed by atoms with Gasteiger partial charge in [0.25, 0.3) is 5.69 Å². The standard InChI is InChI=1S/C16H26N2O2S/c1-4-6-7-8-14(5-2)21-12-17-15-10-9-13(3)11-16(15)18(19)20/h9-11,14,17H,4-8,12H2,1-3H3/t14-/m0/s1. The number of anilines is 1. The van der Waals surface area contributed by atoms with E-state index < -0.39 is 0 Å². The topological polar surface area (TPSA) is 55.2 Å². The minimum atomic E-state index is -0.321. The van der Waals surface area contributed by atoms with Crippen LogP contribution in [-0.4, -0.2) is 16.1 Å². The predicted octanol–water partition coefficient (Wildman–Crippen LogP) is 5.36. The zero-order valence-electron chi connectivity index (χ0n) is 13.2. The molecule has 0 aromatic heterocycles. The van der Waals surface area contributed by atoms with Crippen LogP contribution in [0.3, 0.4) is 0 Å². The Bertz CT molecular complexity index is 452. The van der Waals surface area contributed by atoms with Crippen LogP contribution >= 0.6 is 11.8 Å². The van der Waals surface area contributed by atoms with Crippen LogP contribution in [0, 0.1) is 17.0 Å². The van der Waals surface area contributed by atoms with Crippen molar-refractivity contribution in [2.45, 2.75) is 58.1 Å². The van der Waals surface area contributed by atoms with Crippen molar-refractivity contribution in [1.29, 1.82) is 0 Å². The number of thioether (sulfide) groups is 1. The van der Waals surface area contributed by atoms with Gasteiger partial charge in [-0.3, -0.25) is 10.1 Å². The smallest absolute Gasteiger partial charge is 0.292 e. The molecule has 1 atom stereocenters. The van der Waals surface area contributed by atoms with E-state index in [2.05, 4.69) is 19.2 Å². The molecule has 0 bridgehead atoms. The fourth-order valence-corrected chi connectivity index (χ4v) is 3.25. The number of benzene rings is 1. The third-order valence-corrected chi connectivity index (χ3v) is 4.87. The summed E-state index contributed by atoms with van der Waals surface area (Å²) in [5.41, 5.74) is 1.68. The van der Waals surface area contributed by atoms with Gasteiger partial charge in [-0.15, -0.1) is 11.8 Å². The van der Waals surface area contributed by atoms with Crippen molar-refractivity contribution < 1.29 is 4.92 Å². The zero-order valence-corrected chi connectivity index (χ0v) is 14.0. The molecule has 0 aliphatic carbocycles. The quantitative estimate of drug-likeness (QED) is 0.273. The molecule has 0 heterocycles. The summed E-state index contributed by atoms with van der Waals surface area (Å²) in [6.45, 7) is 6.29. The lowest BCUT2D eigenvalue weighted by Crippen LogP contribution is -2.08. The molecule has 0 aliphatic heterocycles. The molecule has 0 radical (unpaired) electrons. The van der Waals surface area contributed by atoms with Crippen LogP contribution in [0.2, 0.25) is 0 Å². The Morgan fingerprint density at radius 2 is 2.10 bits per heavy atom. The zero-order chi connectivity index (χ0) is 15.7. The minimum absolute atomic E-state index is 0.162. The maximum Gasteiger partial charge on any atom is 0.292 e. The number of nitrogens with zero attached hydrogens (tertiary/aromatic N) is 1. The Labute approximate surface area is 131 Å². The van der Waals surface area contributed by atoms with Crippen molar-refractivity contribution in [3.05, 3.63) is 33.9 Å². The van der Waals surface area contributed by atoms with Gasteiger partial charge in [-0.25, -0.2) is 0 Å². The number of nitrogens with one attached hydrogen (secondary N) is 1. The highest BCUT2D eigenvalue weighted by Gasteiger charge is 2.14. The van der Waals surface area contributed by atoms with Crippen LogP contribution in [0.5, 0.6) is 0 Å². The van der Waals surface area contributed by atoms with E-state index in [4.69, 9.17) is 0 Å². The Morgan fingerprint density at radius 1 is 1.33 bits per heavy atom. The third-order valence-electron chi connectivity index (χ3n) is 3.52. The van der Waals surface area contributed by atoms with Crippen LogP contribution in [0.1, 0.15) is 51.5 Å². The molecule has 1 aromatic carbocycles. The molecule has 1 N–H and O–H groups in total. The van der Waals surface area contributed by atoms with Gasteiger partial charge in [0.1, 0.15) is 5.69 Å². The lowest BCUT2D eigenvalue weighted by molar-refractivity contribution is -0.384. The Morgan fingerprint density at radius 3 is 2.71 bits per heavy atom. The van der Waals surface area contributed by atoms with Crippen LogP contribution < -0.4 is 5.32 Å². The first-order valence-electron chi connectivity index (χ1n) is 7.69. The van der Waals surface area contributed by atoms with Gasteiger partial charge in [0.15, 0.2) is 0 Å². The van der Waals surface area contributed by atoms with E-state index in [1.807, 2.05) is 24.8 Å². The predicted molar refractivity (Wildman–Crippen MR) is 92.1 cm³/mol. The molecule has 1 aromatic rings. The van der Waals surface area contributed by atoms with E-state index in [1.165, 1.54) is 25.7 Å². The highest BCUT2D eigenvalue weighted by Crippen LogP contribution is 2.27. The fourth-order valence-electron chi connectivity index (χ4n) is 2.21. The summed E-state index contributed by atoms with van der Waals surface area (Å²) in [5.74, 6) is 0.717. The normalized spacial score (nSPS) is 12.1. The molecule has 0 aliphatic rings. The van der Waals surface area contributed by atoms with E-state index in [0.29, 0.717) is 16.8 Å². The van der Waals surface area contributed by atoms with E-state index in [-0.39, 0.29) is 10.6 Å². The van der Waals surface area contributed by atoms with Gasteiger partial charge >= 0.3 is 0 Å². The van der Waals surface area contributed by atoms with Crippen LogP contribution in [0.25, 0.3) is 0 Å². The summed E-state index contributed by atoms with van der Waals surface area (Å²) >= 11 is 1.86. The number of rotatable bonds is 10. The van der Waals surface area contributed by atoms with Crippen LogP contribution in [0.15, 0.2) is 18.2 Å². The fraction of sp³-hybridized carbons (Fsp3) is 0.625. The summed E-state index contributed by atoms with van der Waals surface area (Å²) in [4.78, 5) is 10.7. The van der Waals surface area contributed by atoms with Gasteiger partial charge in [0.2, 0.25) is 0 Å². The second-order valence-electron chi connectivity index (χ2n) is 5.29. The van der Waals surface area contributed by atoms with Crippen molar-refractivity contribution in [1.82, 2.24) is 0 Å². The van der Waals surface area contributed by atoms with Gasteiger partial charge < -0.3 is 5.32 Å². The number of hydrogen-bond donors (Lipinski definition) is 1. The van der Waals surface area contributed by atoms with Crippen molar-refractivity contribution in [3.8, 4) is 0 Å². The SMILES string of the molecule is CCCCC[C@H](CC)SCNc1ccc(C)cc1[N+](=O)[O-]. The van der Waals surface area contributed by atoms with E-state index in [1.54, 1.807) is 12.1 Å². The van der Waals surface area contributed by atoms with Crippen molar-refractivity contribution in [3.63, 3.8) is 0 Å². The summed E-state index contributed by atoms with van der Waals surface area (Å²) in [6, 6.07) is 5.32. The maximum atomic E-state index is 11.1. The van der Waals surface area contributed by atoms with Crippen molar-refractivity contribution in [2.24, 2.45) is 0 Å². The largest absolute Gasteiger partial charge is 0.370 e. The molecule has 0 saturated heterocycles. The second-order valence-corrected chi connectivity index (χ2v) is 6.58. The van der Waals surface area contributed by atoms with Crippen molar-refractivity contribution >= 4 is 23.1 Å². The number of unbranched alkanes of at least 4 members (excludes halogenated alkanes) is 2. The number of hydrogen-bond acceptors (Lipinski definition) is 4. The highest BCUT2D eigenvalue weighted by atomic mass is 32.2. The number of aryl methyl sites for hydroxylation is 1. The molecule has 0 fully saturated rings. The van der Waals surface area contributed by atoms with Gasteiger partial charge in [-0.1, -0.05) is 39.2 Å². The first-order chi connectivity index (χ1) is 10.1. The molecule has 118 valence electrons. The molecule has 5 heteroatoms. The lowest BCUT2D eigenvalue weighted by Gasteiger charge is -2.15. The molecule has 21 heavy (non-hydrogen) atoms. The van der Waals surface area contributed by atoms with E-state index >= 15 is 0 Å². The molecule has 1 rings (SSSR count). The third kappa shape index (κ3) is 6.38. The Kier molecular flexibility index (Phi) is 8.20. The second kappa shape index (κ2) is 9.66. The number of nitro groups is 1. The average molecular weight is 310 g/mol. The Balaban J connectivity index is 2.49. The summed E-state index contributed by atoms with van der Waals surface area (Å²) in [7, 11) is 0. The molecule has 0 spiro atoms. The van der Waals surface area contributed by atoms with Crippen LogP contribution in [-0.2, 0) is 0 Å². The van der Waals surface area contributed by atoms with Gasteiger partial charge in [0.05, 0.1) is 10.8 Å². The molecular formula is C16H26N2O2S. The van der Waals surface area contributed by atoms with Crippen molar-refractivity contribution in [2.75, 3.05) is 11.2 Å². The molecule has 0 saturated carbocycles. The van der Waals surface area contributed by atoms with E-state index in [0.717, 1.165) is 12.0 Å².